The van der Waals surface area contributed by atoms with Crippen LogP contribution in [0.15, 0.2) is 30.3 Å². The molecule has 0 amide bonds. The Morgan fingerprint density at radius 2 is 1.89 bits per heavy atom. The van der Waals surface area contributed by atoms with Gasteiger partial charge in [-0.25, -0.2) is 0 Å². The van der Waals surface area contributed by atoms with Crippen molar-refractivity contribution in [2.75, 3.05) is 26.2 Å². The Kier molecular flexibility index (Phi) is 5.37. The van der Waals surface area contributed by atoms with E-state index in [9.17, 15) is 0 Å². The predicted octanol–water partition coefficient (Wildman–Crippen LogP) is 1.98. The minimum Gasteiger partial charge on any atom is -0.329 e. The third-order valence-corrected chi connectivity index (χ3v) is 4.20. The maximum atomic E-state index is 6.00. The van der Waals surface area contributed by atoms with Crippen LogP contribution in [0.2, 0.25) is 0 Å². The standard InChI is InChI=1S/C16H27N3/c1-2-10-18-16(14-17)8-11-19(12-9-16)13-15-6-4-3-5-7-15/h3-7,18H,2,8-14,17H2,1H3. The van der Waals surface area contributed by atoms with Crippen molar-refractivity contribution < 1.29 is 0 Å². The average molecular weight is 261 g/mol. The lowest BCUT2D eigenvalue weighted by atomic mass is 9.87. The molecule has 1 saturated heterocycles. The number of nitrogens with two attached hydrogens (primary N) is 1. The van der Waals surface area contributed by atoms with Gasteiger partial charge < -0.3 is 11.1 Å². The van der Waals surface area contributed by atoms with Gasteiger partial charge in [-0.2, -0.15) is 0 Å². The Labute approximate surface area is 117 Å². The van der Waals surface area contributed by atoms with Crippen LogP contribution in [0.1, 0.15) is 31.7 Å². The summed E-state index contributed by atoms with van der Waals surface area (Å²) in [6.45, 7) is 7.39. The topological polar surface area (TPSA) is 41.3 Å². The van der Waals surface area contributed by atoms with Gasteiger partial charge >= 0.3 is 0 Å². The van der Waals surface area contributed by atoms with Crippen molar-refractivity contribution in [1.29, 1.82) is 0 Å². The lowest BCUT2D eigenvalue weighted by molar-refractivity contribution is 0.134. The highest BCUT2D eigenvalue weighted by atomic mass is 15.2. The van der Waals surface area contributed by atoms with Crippen LogP contribution in [0.3, 0.4) is 0 Å². The zero-order valence-electron chi connectivity index (χ0n) is 12.1. The van der Waals surface area contributed by atoms with Crippen LogP contribution < -0.4 is 11.1 Å². The molecule has 0 aliphatic carbocycles. The monoisotopic (exact) mass is 261 g/mol. The van der Waals surface area contributed by atoms with Crippen LogP contribution in [0, 0.1) is 0 Å². The Balaban J connectivity index is 1.84. The van der Waals surface area contributed by atoms with Crippen molar-refractivity contribution in [3.8, 4) is 0 Å². The molecule has 0 spiro atoms. The minimum absolute atomic E-state index is 0.184. The number of likely N-dealkylation sites (tertiary alicyclic amines) is 1. The maximum absolute atomic E-state index is 6.00. The van der Waals surface area contributed by atoms with Crippen molar-refractivity contribution in [1.82, 2.24) is 10.2 Å². The molecule has 1 heterocycles. The molecular formula is C16H27N3. The zero-order valence-corrected chi connectivity index (χ0v) is 12.1. The number of hydrogen-bond acceptors (Lipinski definition) is 3. The normalized spacial score (nSPS) is 19.5. The first-order chi connectivity index (χ1) is 9.28. The summed E-state index contributed by atoms with van der Waals surface area (Å²) in [7, 11) is 0. The summed E-state index contributed by atoms with van der Waals surface area (Å²) in [5.41, 5.74) is 7.59. The van der Waals surface area contributed by atoms with Crippen molar-refractivity contribution in [2.45, 2.75) is 38.3 Å². The van der Waals surface area contributed by atoms with Gasteiger partial charge in [-0.15, -0.1) is 0 Å². The summed E-state index contributed by atoms with van der Waals surface area (Å²) < 4.78 is 0. The van der Waals surface area contributed by atoms with E-state index in [1.54, 1.807) is 0 Å². The van der Waals surface area contributed by atoms with Crippen LogP contribution >= 0.6 is 0 Å². The van der Waals surface area contributed by atoms with Crippen molar-refractivity contribution in [2.24, 2.45) is 5.73 Å². The molecule has 1 fully saturated rings. The van der Waals surface area contributed by atoms with Crippen LogP contribution in [0.25, 0.3) is 0 Å². The molecular weight excluding hydrogens is 234 g/mol. The van der Waals surface area contributed by atoms with E-state index in [0.29, 0.717) is 0 Å². The smallest absolute Gasteiger partial charge is 0.0328 e. The number of rotatable bonds is 6. The van der Waals surface area contributed by atoms with E-state index in [2.05, 4.69) is 47.5 Å². The Morgan fingerprint density at radius 3 is 2.47 bits per heavy atom. The van der Waals surface area contributed by atoms with Gasteiger partial charge in [0, 0.05) is 31.7 Å². The van der Waals surface area contributed by atoms with E-state index >= 15 is 0 Å². The van der Waals surface area contributed by atoms with Gasteiger partial charge in [0.1, 0.15) is 0 Å². The third kappa shape index (κ3) is 4.03. The quantitative estimate of drug-likeness (QED) is 0.823. The van der Waals surface area contributed by atoms with Crippen LogP contribution in [-0.4, -0.2) is 36.6 Å². The minimum atomic E-state index is 0.184. The molecule has 0 aromatic heterocycles. The first kappa shape index (κ1) is 14.5. The first-order valence-corrected chi connectivity index (χ1v) is 7.49. The van der Waals surface area contributed by atoms with Gasteiger partial charge in [-0.1, -0.05) is 37.3 Å². The summed E-state index contributed by atoms with van der Waals surface area (Å²) in [6.07, 6.45) is 3.50. The fourth-order valence-corrected chi connectivity index (χ4v) is 2.82. The largest absolute Gasteiger partial charge is 0.329 e. The lowest BCUT2D eigenvalue weighted by Gasteiger charge is -2.42. The van der Waals surface area contributed by atoms with Gasteiger partial charge in [-0.05, 0) is 31.4 Å². The van der Waals surface area contributed by atoms with Gasteiger partial charge in [0.25, 0.3) is 0 Å². The Bertz CT molecular complexity index is 356. The molecule has 1 aromatic rings. The number of nitrogens with zero attached hydrogens (tertiary/aromatic N) is 1. The fourth-order valence-electron chi connectivity index (χ4n) is 2.82. The highest BCUT2D eigenvalue weighted by Gasteiger charge is 2.32. The summed E-state index contributed by atoms with van der Waals surface area (Å²) in [5, 5.41) is 3.67. The van der Waals surface area contributed by atoms with Crippen molar-refractivity contribution >= 4 is 0 Å². The molecule has 19 heavy (non-hydrogen) atoms. The van der Waals surface area contributed by atoms with Gasteiger partial charge in [0.15, 0.2) is 0 Å². The summed E-state index contributed by atoms with van der Waals surface area (Å²) in [6, 6.07) is 10.7. The lowest BCUT2D eigenvalue weighted by Crippen LogP contribution is -2.57. The second kappa shape index (κ2) is 7.04. The third-order valence-electron chi connectivity index (χ3n) is 4.20. The number of hydrogen-bond donors (Lipinski definition) is 2. The van der Waals surface area contributed by atoms with Gasteiger partial charge in [0.05, 0.1) is 0 Å². The molecule has 0 atom stereocenters. The fraction of sp³-hybridized carbons (Fsp3) is 0.625. The molecule has 1 aliphatic heterocycles. The molecule has 1 aromatic carbocycles. The highest BCUT2D eigenvalue weighted by molar-refractivity contribution is 5.14. The zero-order chi connectivity index (χ0) is 13.6. The molecule has 3 N–H and O–H groups in total. The molecule has 0 saturated carbocycles. The number of nitrogens with one attached hydrogen (secondary N) is 1. The number of piperidine rings is 1. The molecule has 106 valence electrons. The first-order valence-electron chi connectivity index (χ1n) is 7.49. The Morgan fingerprint density at radius 1 is 1.21 bits per heavy atom. The van der Waals surface area contributed by atoms with E-state index in [4.69, 9.17) is 5.73 Å². The van der Waals surface area contributed by atoms with Crippen LogP contribution in [0.4, 0.5) is 0 Å². The SMILES string of the molecule is CCCNC1(CN)CCN(Cc2ccccc2)CC1. The van der Waals surface area contributed by atoms with Crippen LogP contribution in [-0.2, 0) is 6.54 Å². The summed E-state index contributed by atoms with van der Waals surface area (Å²) in [4.78, 5) is 2.54. The molecule has 0 unspecified atom stereocenters. The van der Waals surface area contributed by atoms with Crippen molar-refractivity contribution in [3.63, 3.8) is 0 Å². The molecule has 0 bridgehead atoms. The molecule has 0 radical (unpaired) electrons. The summed E-state index contributed by atoms with van der Waals surface area (Å²) in [5.74, 6) is 0. The van der Waals surface area contributed by atoms with E-state index in [0.717, 1.165) is 45.6 Å². The Hall–Kier alpha value is -0.900. The molecule has 2 rings (SSSR count). The second-order valence-electron chi connectivity index (χ2n) is 5.67. The molecule has 3 nitrogen and oxygen atoms in total. The maximum Gasteiger partial charge on any atom is 0.0328 e. The van der Waals surface area contributed by atoms with Gasteiger partial charge in [-0.3, -0.25) is 4.90 Å². The molecule has 3 heteroatoms. The molecule has 1 aliphatic rings. The van der Waals surface area contributed by atoms with E-state index in [1.807, 2.05) is 0 Å². The summed E-state index contributed by atoms with van der Waals surface area (Å²) >= 11 is 0. The van der Waals surface area contributed by atoms with E-state index in [1.165, 1.54) is 12.0 Å². The second-order valence-corrected chi connectivity index (χ2v) is 5.67. The predicted molar refractivity (Wildman–Crippen MR) is 81.0 cm³/mol. The van der Waals surface area contributed by atoms with E-state index < -0.39 is 0 Å². The van der Waals surface area contributed by atoms with Crippen molar-refractivity contribution in [3.05, 3.63) is 35.9 Å². The average Bonchev–Trinajstić information content (AvgIpc) is 2.48. The van der Waals surface area contributed by atoms with E-state index in [-0.39, 0.29) is 5.54 Å². The van der Waals surface area contributed by atoms with Crippen LogP contribution in [0.5, 0.6) is 0 Å². The number of benzene rings is 1. The highest BCUT2D eigenvalue weighted by Crippen LogP contribution is 2.22. The van der Waals surface area contributed by atoms with Gasteiger partial charge in [0.2, 0.25) is 0 Å².